The zero-order valence-electron chi connectivity index (χ0n) is 18.0. The Bertz CT molecular complexity index is 1020. The number of amides is 1. The Morgan fingerprint density at radius 3 is 2.68 bits per heavy atom. The molecular formula is C22H28FN7O. The maximum Gasteiger partial charge on any atom is 0.257 e. The summed E-state index contributed by atoms with van der Waals surface area (Å²) in [4.78, 5) is 18.4. The predicted molar refractivity (Wildman–Crippen MR) is 120 cm³/mol. The zero-order chi connectivity index (χ0) is 22.5. The molecule has 2 heterocycles. The van der Waals surface area contributed by atoms with Crippen LogP contribution >= 0.6 is 0 Å². The number of halogens is 1. The first-order chi connectivity index (χ1) is 14.8. The largest absolute Gasteiger partial charge is 0.368 e. The van der Waals surface area contributed by atoms with Gasteiger partial charge in [0.2, 0.25) is 5.96 Å². The number of benzene rings is 1. The average Bonchev–Trinajstić information content (AvgIpc) is 2.74. The number of pyridine rings is 1. The molecule has 8 nitrogen and oxygen atoms in total. The highest BCUT2D eigenvalue weighted by Crippen LogP contribution is 2.27. The lowest BCUT2D eigenvalue weighted by Crippen LogP contribution is -2.43. The topological polar surface area (TPSA) is 113 Å². The highest BCUT2D eigenvalue weighted by molar-refractivity contribution is 6.05. The van der Waals surface area contributed by atoms with E-state index in [1.54, 1.807) is 14.0 Å². The summed E-state index contributed by atoms with van der Waals surface area (Å²) >= 11 is 0. The Morgan fingerprint density at radius 1 is 1.32 bits per heavy atom. The van der Waals surface area contributed by atoms with E-state index in [4.69, 9.17) is 11.6 Å². The van der Waals surface area contributed by atoms with E-state index >= 15 is 0 Å². The van der Waals surface area contributed by atoms with Crippen LogP contribution in [0, 0.1) is 5.82 Å². The number of nitrogens with zero attached hydrogens (tertiary/aromatic N) is 4. The Morgan fingerprint density at radius 2 is 2.03 bits per heavy atom. The zero-order valence-corrected chi connectivity index (χ0v) is 18.0. The van der Waals surface area contributed by atoms with Gasteiger partial charge >= 0.3 is 0 Å². The second-order valence-corrected chi connectivity index (χ2v) is 7.49. The number of anilines is 1. The normalized spacial score (nSPS) is 14.6. The molecule has 0 unspecified atom stereocenters. The fourth-order valence-corrected chi connectivity index (χ4v) is 3.59. The molecule has 0 saturated carbocycles. The summed E-state index contributed by atoms with van der Waals surface area (Å²) in [5.74, 6) is 5.08. The Hall–Kier alpha value is -3.46. The van der Waals surface area contributed by atoms with E-state index in [9.17, 15) is 9.18 Å². The smallest absolute Gasteiger partial charge is 0.257 e. The number of hydrogen-bond acceptors (Lipinski definition) is 5. The highest BCUT2D eigenvalue weighted by atomic mass is 19.1. The molecule has 0 bridgehead atoms. The van der Waals surface area contributed by atoms with Gasteiger partial charge in [-0.05, 0) is 43.0 Å². The maximum atomic E-state index is 13.9. The summed E-state index contributed by atoms with van der Waals surface area (Å²) in [5.41, 5.74) is 10.8. The van der Waals surface area contributed by atoms with Crippen LogP contribution in [-0.2, 0) is 6.42 Å². The second-order valence-electron chi connectivity index (χ2n) is 7.49. The molecule has 1 amide bonds. The number of nitrogens with one attached hydrogen (secondary N) is 1. The first-order valence-corrected chi connectivity index (χ1v) is 10.1. The number of nitrogens with two attached hydrogens (primary N) is 2. The summed E-state index contributed by atoms with van der Waals surface area (Å²) in [6, 6.07) is 7.56. The van der Waals surface area contributed by atoms with Crippen molar-refractivity contribution in [3.05, 3.63) is 64.7 Å². The van der Waals surface area contributed by atoms with Gasteiger partial charge in [-0.3, -0.25) is 9.78 Å². The van der Waals surface area contributed by atoms with Gasteiger partial charge in [-0.1, -0.05) is 24.6 Å². The van der Waals surface area contributed by atoms with Crippen molar-refractivity contribution in [2.24, 2.45) is 16.7 Å². The first kappa shape index (κ1) is 22.2. The molecule has 0 saturated heterocycles. The molecule has 31 heavy (non-hydrogen) atoms. The third-order valence-corrected chi connectivity index (χ3v) is 5.30. The van der Waals surface area contributed by atoms with Crippen LogP contribution in [0.2, 0.25) is 0 Å². The second kappa shape index (κ2) is 9.57. The van der Waals surface area contributed by atoms with Crippen molar-refractivity contribution in [2.45, 2.75) is 26.7 Å². The highest BCUT2D eigenvalue weighted by Gasteiger charge is 2.20. The summed E-state index contributed by atoms with van der Waals surface area (Å²) < 4.78 is 13.9. The van der Waals surface area contributed by atoms with Gasteiger partial charge in [0.1, 0.15) is 5.82 Å². The SMILES string of the molecule is CCc1c(F)cncc1C(=O)Nc1ccc(C2=C(C)CCN(/C(N)=N/N(C)N)C2)cc1. The fourth-order valence-electron chi connectivity index (χ4n) is 3.59. The predicted octanol–water partition coefficient (Wildman–Crippen LogP) is 2.55. The molecule has 9 heteroatoms. The van der Waals surface area contributed by atoms with Crippen LogP contribution in [0.3, 0.4) is 0 Å². The number of guanidine groups is 1. The van der Waals surface area contributed by atoms with Gasteiger partial charge in [-0.2, -0.15) is 0 Å². The summed E-state index contributed by atoms with van der Waals surface area (Å²) in [7, 11) is 1.62. The van der Waals surface area contributed by atoms with Crippen LogP contribution in [0.15, 0.2) is 47.3 Å². The minimum atomic E-state index is -0.474. The molecule has 1 aliphatic rings. The van der Waals surface area contributed by atoms with E-state index in [0.717, 1.165) is 30.3 Å². The molecule has 0 radical (unpaired) electrons. The van der Waals surface area contributed by atoms with E-state index in [-0.39, 0.29) is 11.5 Å². The number of aromatic nitrogens is 1. The van der Waals surface area contributed by atoms with Crippen molar-refractivity contribution in [3.63, 3.8) is 0 Å². The molecule has 3 rings (SSSR count). The number of hydrazine groups is 1. The minimum Gasteiger partial charge on any atom is -0.368 e. The monoisotopic (exact) mass is 425 g/mol. The van der Waals surface area contributed by atoms with Gasteiger partial charge in [0.15, 0.2) is 0 Å². The van der Waals surface area contributed by atoms with E-state index in [1.165, 1.54) is 16.9 Å². The molecule has 1 aromatic heterocycles. The van der Waals surface area contributed by atoms with E-state index in [2.05, 4.69) is 22.3 Å². The van der Waals surface area contributed by atoms with Gasteiger partial charge in [-0.15, -0.1) is 5.10 Å². The minimum absolute atomic E-state index is 0.243. The van der Waals surface area contributed by atoms with Crippen molar-refractivity contribution in [1.82, 2.24) is 15.0 Å². The molecule has 0 atom stereocenters. The molecular weight excluding hydrogens is 397 g/mol. The van der Waals surface area contributed by atoms with Crippen LogP contribution in [0.25, 0.3) is 5.57 Å². The third kappa shape index (κ3) is 5.18. The summed E-state index contributed by atoms with van der Waals surface area (Å²) in [5, 5.41) is 8.09. The standard InChI is InChI=1S/C22H28FN7O/c1-4-17-18(11-26-12-20(17)23)21(31)27-16-7-5-15(6-8-16)19-13-30(10-9-14(19)2)22(24)28-29(3)25/h5-8,11-12H,4,9-10,13,25H2,1-3H3,(H2,24,28)(H,27,31). The third-order valence-electron chi connectivity index (χ3n) is 5.30. The molecule has 1 aromatic carbocycles. The van der Waals surface area contributed by atoms with Crippen LogP contribution in [0.4, 0.5) is 10.1 Å². The van der Waals surface area contributed by atoms with Crippen LogP contribution in [0.1, 0.15) is 41.8 Å². The Kier molecular flexibility index (Phi) is 6.86. The molecule has 0 fully saturated rings. The number of carbonyl (C=O) groups is 1. The van der Waals surface area contributed by atoms with Crippen LogP contribution in [0.5, 0.6) is 0 Å². The van der Waals surface area contributed by atoms with Gasteiger partial charge in [-0.25, -0.2) is 15.4 Å². The Labute approximate surface area is 181 Å². The molecule has 0 aliphatic carbocycles. The number of hydrogen-bond donors (Lipinski definition) is 3. The van der Waals surface area contributed by atoms with E-state index < -0.39 is 5.82 Å². The van der Waals surface area contributed by atoms with Crippen molar-refractivity contribution in [1.29, 1.82) is 0 Å². The number of carbonyl (C=O) groups excluding carboxylic acids is 1. The number of rotatable bonds is 5. The first-order valence-electron chi connectivity index (χ1n) is 10.1. The van der Waals surface area contributed by atoms with Gasteiger partial charge in [0.25, 0.3) is 5.91 Å². The summed E-state index contributed by atoms with van der Waals surface area (Å²) in [6.07, 6.45) is 3.79. The van der Waals surface area contributed by atoms with E-state index in [0.29, 0.717) is 30.2 Å². The lowest BCUT2D eigenvalue weighted by molar-refractivity contribution is 0.102. The molecule has 164 valence electrons. The quantitative estimate of drug-likeness (QED) is 0.294. The van der Waals surface area contributed by atoms with Crippen LogP contribution < -0.4 is 16.9 Å². The Balaban J connectivity index is 1.75. The molecule has 2 aromatic rings. The van der Waals surface area contributed by atoms with Crippen molar-refractivity contribution >= 4 is 23.1 Å². The van der Waals surface area contributed by atoms with Gasteiger partial charge < -0.3 is 16.0 Å². The molecule has 1 aliphatic heterocycles. The van der Waals surface area contributed by atoms with Crippen LogP contribution in [-0.4, -0.2) is 47.0 Å². The average molecular weight is 426 g/mol. The summed E-state index contributed by atoms with van der Waals surface area (Å²) in [6.45, 7) is 5.30. The van der Waals surface area contributed by atoms with E-state index in [1.807, 2.05) is 29.2 Å². The fraction of sp³-hybridized carbons (Fsp3) is 0.318. The van der Waals surface area contributed by atoms with Crippen molar-refractivity contribution in [2.75, 3.05) is 25.5 Å². The molecule has 0 spiro atoms. The van der Waals surface area contributed by atoms with Gasteiger partial charge in [0.05, 0.1) is 11.8 Å². The number of hydrazone groups is 1. The molecule has 5 N–H and O–H groups in total. The van der Waals surface area contributed by atoms with Crippen molar-refractivity contribution < 1.29 is 9.18 Å². The maximum absolute atomic E-state index is 13.9. The van der Waals surface area contributed by atoms with Crippen molar-refractivity contribution in [3.8, 4) is 0 Å². The lowest BCUT2D eigenvalue weighted by Gasteiger charge is -2.31. The van der Waals surface area contributed by atoms with Gasteiger partial charge in [0, 0.05) is 37.6 Å². The lowest BCUT2D eigenvalue weighted by atomic mass is 9.95.